The van der Waals surface area contributed by atoms with Gasteiger partial charge in [-0.2, -0.15) is 0 Å². The molecule has 1 aromatic heterocycles. The average Bonchev–Trinajstić information content (AvgIpc) is 2.79. The number of hydrogen-bond acceptors (Lipinski definition) is 5. The molecule has 0 aliphatic carbocycles. The minimum Gasteiger partial charge on any atom is -0.380 e. The summed E-state index contributed by atoms with van der Waals surface area (Å²) in [5.41, 5.74) is 2.21. The predicted octanol–water partition coefficient (Wildman–Crippen LogP) is 2.11. The number of thiophene rings is 1. The minimum absolute atomic E-state index is 0.247. The number of ketones is 1. The van der Waals surface area contributed by atoms with Crippen LogP contribution in [0.25, 0.3) is 0 Å². The second kappa shape index (κ2) is 7.14. The molecular formula is C14H21NO3S. The molecule has 106 valence electrons. The highest BCUT2D eigenvalue weighted by molar-refractivity contribution is 7.12. The van der Waals surface area contributed by atoms with Gasteiger partial charge in [-0.25, -0.2) is 0 Å². The van der Waals surface area contributed by atoms with Gasteiger partial charge in [0.1, 0.15) is 0 Å². The number of rotatable bonds is 6. The Morgan fingerprint density at radius 1 is 1.47 bits per heavy atom. The summed E-state index contributed by atoms with van der Waals surface area (Å²) in [6, 6.07) is 0. The van der Waals surface area contributed by atoms with Crippen molar-refractivity contribution in [2.24, 2.45) is 0 Å². The summed E-state index contributed by atoms with van der Waals surface area (Å²) in [5.74, 6) is 0.247. The second-order valence-electron chi connectivity index (χ2n) is 4.78. The molecule has 2 rings (SSSR count). The molecule has 1 saturated heterocycles. The van der Waals surface area contributed by atoms with Gasteiger partial charge in [-0.3, -0.25) is 9.69 Å². The van der Waals surface area contributed by atoms with Crippen LogP contribution < -0.4 is 0 Å². The molecule has 0 saturated carbocycles. The Morgan fingerprint density at radius 3 is 2.89 bits per heavy atom. The van der Waals surface area contributed by atoms with E-state index in [-0.39, 0.29) is 5.78 Å². The maximum Gasteiger partial charge on any atom is 0.174 e. The first kappa shape index (κ1) is 14.7. The van der Waals surface area contributed by atoms with Gasteiger partial charge in [0.15, 0.2) is 5.78 Å². The van der Waals surface area contributed by atoms with E-state index in [0.29, 0.717) is 13.0 Å². The van der Waals surface area contributed by atoms with Gasteiger partial charge < -0.3 is 9.47 Å². The van der Waals surface area contributed by atoms with Gasteiger partial charge >= 0.3 is 0 Å². The molecule has 1 aliphatic heterocycles. The SMILES string of the molecule is COCc1csc(C(=O)CCN2CCOCC2)c1C. The molecule has 0 unspecified atom stereocenters. The number of ether oxygens (including phenoxy) is 2. The Labute approximate surface area is 118 Å². The van der Waals surface area contributed by atoms with Crippen molar-refractivity contribution in [3.63, 3.8) is 0 Å². The van der Waals surface area contributed by atoms with Crippen LogP contribution in [0.4, 0.5) is 0 Å². The molecule has 19 heavy (non-hydrogen) atoms. The van der Waals surface area contributed by atoms with E-state index in [1.165, 1.54) is 11.3 Å². The molecule has 2 heterocycles. The molecule has 0 radical (unpaired) electrons. The van der Waals surface area contributed by atoms with Gasteiger partial charge in [-0.15, -0.1) is 11.3 Å². The number of morpholine rings is 1. The Bertz CT molecular complexity index is 424. The van der Waals surface area contributed by atoms with E-state index in [1.807, 2.05) is 12.3 Å². The van der Waals surface area contributed by atoms with Crippen LogP contribution in [0.5, 0.6) is 0 Å². The number of Topliss-reactive ketones (excluding diaryl/α,β-unsaturated/α-hetero) is 1. The van der Waals surface area contributed by atoms with Crippen LogP contribution in [0, 0.1) is 6.92 Å². The monoisotopic (exact) mass is 283 g/mol. The van der Waals surface area contributed by atoms with Gasteiger partial charge in [0.05, 0.1) is 24.7 Å². The molecule has 5 heteroatoms. The van der Waals surface area contributed by atoms with Crippen molar-refractivity contribution < 1.29 is 14.3 Å². The Kier molecular flexibility index (Phi) is 5.51. The van der Waals surface area contributed by atoms with Crippen molar-refractivity contribution in [3.8, 4) is 0 Å². The Hall–Kier alpha value is -0.750. The van der Waals surface area contributed by atoms with Crippen LogP contribution in [0.2, 0.25) is 0 Å². The fourth-order valence-electron chi connectivity index (χ4n) is 2.22. The molecule has 0 aromatic carbocycles. The van der Waals surface area contributed by atoms with E-state index in [1.54, 1.807) is 7.11 Å². The maximum absolute atomic E-state index is 12.2. The van der Waals surface area contributed by atoms with Gasteiger partial charge in [0.25, 0.3) is 0 Å². The zero-order chi connectivity index (χ0) is 13.7. The van der Waals surface area contributed by atoms with Gasteiger partial charge in [-0.05, 0) is 23.4 Å². The summed E-state index contributed by atoms with van der Waals surface area (Å²) in [7, 11) is 1.68. The summed E-state index contributed by atoms with van der Waals surface area (Å²) in [4.78, 5) is 15.4. The number of nitrogens with zero attached hydrogens (tertiary/aromatic N) is 1. The largest absolute Gasteiger partial charge is 0.380 e. The smallest absolute Gasteiger partial charge is 0.174 e. The number of carbonyl (C=O) groups excluding carboxylic acids is 1. The van der Waals surface area contributed by atoms with Crippen LogP contribution in [-0.4, -0.2) is 50.6 Å². The van der Waals surface area contributed by atoms with Crippen LogP contribution >= 0.6 is 11.3 Å². The summed E-state index contributed by atoms with van der Waals surface area (Å²) >= 11 is 1.54. The first-order chi connectivity index (χ1) is 9.22. The van der Waals surface area contributed by atoms with Crippen LogP contribution in [0.3, 0.4) is 0 Å². The second-order valence-corrected chi connectivity index (χ2v) is 5.65. The fourth-order valence-corrected chi connectivity index (χ4v) is 3.27. The van der Waals surface area contributed by atoms with E-state index in [2.05, 4.69) is 4.90 Å². The normalized spacial score (nSPS) is 16.7. The third kappa shape index (κ3) is 3.86. The van der Waals surface area contributed by atoms with Gasteiger partial charge in [0.2, 0.25) is 0 Å². The van der Waals surface area contributed by atoms with Crippen LogP contribution in [0.15, 0.2) is 5.38 Å². The highest BCUT2D eigenvalue weighted by Crippen LogP contribution is 2.24. The average molecular weight is 283 g/mol. The lowest BCUT2D eigenvalue weighted by atomic mass is 10.1. The summed E-state index contributed by atoms with van der Waals surface area (Å²) in [6.45, 7) is 6.86. The lowest BCUT2D eigenvalue weighted by molar-refractivity contribution is 0.0370. The molecule has 0 amide bonds. The molecule has 4 nitrogen and oxygen atoms in total. The van der Waals surface area contributed by atoms with E-state index < -0.39 is 0 Å². The summed E-state index contributed by atoms with van der Waals surface area (Å²) in [6.07, 6.45) is 0.591. The lowest BCUT2D eigenvalue weighted by Crippen LogP contribution is -2.37. The number of hydrogen-bond donors (Lipinski definition) is 0. The fraction of sp³-hybridized carbons (Fsp3) is 0.643. The zero-order valence-corrected chi connectivity index (χ0v) is 12.4. The lowest BCUT2D eigenvalue weighted by Gasteiger charge is -2.26. The molecule has 0 atom stereocenters. The first-order valence-electron chi connectivity index (χ1n) is 6.61. The first-order valence-corrected chi connectivity index (χ1v) is 7.49. The highest BCUT2D eigenvalue weighted by atomic mass is 32.1. The maximum atomic E-state index is 12.2. The zero-order valence-electron chi connectivity index (χ0n) is 11.6. The van der Waals surface area contributed by atoms with E-state index >= 15 is 0 Å². The molecular weight excluding hydrogens is 262 g/mol. The third-order valence-corrected chi connectivity index (χ3v) is 4.63. The van der Waals surface area contributed by atoms with Crippen LogP contribution in [-0.2, 0) is 16.1 Å². The van der Waals surface area contributed by atoms with E-state index in [0.717, 1.165) is 48.9 Å². The molecule has 0 N–H and O–H groups in total. The highest BCUT2D eigenvalue weighted by Gasteiger charge is 2.17. The van der Waals surface area contributed by atoms with Crippen molar-refractivity contribution in [3.05, 3.63) is 21.4 Å². The standard InChI is InChI=1S/C14H21NO3S/c1-11-12(9-17-2)10-19-14(11)13(16)3-4-15-5-7-18-8-6-15/h10H,3-9H2,1-2H3. The van der Waals surface area contributed by atoms with E-state index in [9.17, 15) is 4.79 Å². The van der Waals surface area contributed by atoms with Crippen molar-refractivity contribution in [1.29, 1.82) is 0 Å². The molecule has 0 spiro atoms. The molecule has 1 aromatic rings. The van der Waals surface area contributed by atoms with Crippen molar-refractivity contribution in [1.82, 2.24) is 4.90 Å². The quantitative estimate of drug-likeness (QED) is 0.750. The summed E-state index contributed by atoms with van der Waals surface area (Å²) in [5, 5.41) is 2.03. The third-order valence-electron chi connectivity index (χ3n) is 3.45. The van der Waals surface area contributed by atoms with Crippen molar-refractivity contribution in [2.75, 3.05) is 40.0 Å². The topological polar surface area (TPSA) is 38.8 Å². The van der Waals surface area contributed by atoms with Crippen molar-refractivity contribution >= 4 is 17.1 Å². The summed E-state index contributed by atoms with van der Waals surface area (Å²) < 4.78 is 10.4. The molecule has 0 bridgehead atoms. The van der Waals surface area contributed by atoms with Crippen LogP contribution in [0.1, 0.15) is 27.2 Å². The van der Waals surface area contributed by atoms with Gasteiger partial charge in [-0.1, -0.05) is 0 Å². The predicted molar refractivity (Wildman–Crippen MR) is 76.0 cm³/mol. The number of carbonyl (C=O) groups is 1. The minimum atomic E-state index is 0.247. The molecule has 1 aliphatic rings. The van der Waals surface area contributed by atoms with Gasteiger partial charge in [0, 0.05) is 33.2 Å². The Balaban J connectivity index is 1.88. The number of methoxy groups -OCH3 is 1. The van der Waals surface area contributed by atoms with E-state index in [4.69, 9.17) is 9.47 Å². The van der Waals surface area contributed by atoms with Crippen molar-refractivity contribution in [2.45, 2.75) is 20.0 Å². The molecule has 1 fully saturated rings. The Morgan fingerprint density at radius 2 is 2.21 bits per heavy atom.